The normalized spacial score (nSPS) is 11.3. The van der Waals surface area contributed by atoms with Gasteiger partial charge in [0.05, 0.1) is 6.54 Å². The number of aromatic nitrogens is 4. The van der Waals surface area contributed by atoms with Gasteiger partial charge in [0.15, 0.2) is 0 Å². The third-order valence-electron chi connectivity index (χ3n) is 3.54. The molecule has 0 unspecified atom stereocenters. The van der Waals surface area contributed by atoms with Crippen LogP contribution in [0.4, 0.5) is 0 Å². The highest BCUT2D eigenvalue weighted by Crippen LogP contribution is 2.20. The van der Waals surface area contributed by atoms with Crippen molar-refractivity contribution in [2.45, 2.75) is 33.0 Å². The molecule has 20 heavy (non-hydrogen) atoms. The Morgan fingerprint density at radius 1 is 1.25 bits per heavy atom. The van der Waals surface area contributed by atoms with Crippen molar-refractivity contribution < 1.29 is 0 Å². The molecule has 3 rings (SSSR count). The second-order valence-corrected chi connectivity index (χ2v) is 4.88. The molecule has 0 spiro atoms. The number of nitrogens with two attached hydrogens (primary N) is 1. The van der Waals surface area contributed by atoms with Gasteiger partial charge in [0.25, 0.3) is 0 Å². The van der Waals surface area contributed by atoms with Crippen molar-refractivity contribution in [3.8, 4) is 0 Å². The fourth-order valence-corrected chi connectivity index (χ4v) is 2.57. The molecule has 0 fully saturated rings. The monoisotopic (exact) mass is 269 g/mol. The van der Waals surface area contributed by atoms with E-state index in [0.29, 0.717) is 13.1 Å². The molecule has 0 aliphatic rings. The highest BCUT2D eigenvalue weighted by molar-refractivity contribution is 5.81. The van der Waals surface area contributed by atoms with Crippen molar-refractivity contribution in [1.29, 1.82) is 0 Å². The molecule has 104 valence electrons. The maximum absolute atomic E-state index is 5.88. The van der Waals surface area contributed by atoms with Crippen LogP contribution in [-0.2, 0) is 19.6 Å². The molecule has 5 nitrogen and oxygen atoms in total. The Morgan fingerprint density at radius 2 is 2.10 bits per heavy atom. The van der Waals surface area contributed by atoms with Crippen LogP contribution >= 0.6 is 0 Å². The molecule has 0 atom stereocenters. The molecule has 0 bridgehead atoms. The van der Waals surface area contributed by atoms with Gasteiger partial charge in [-0.2, -0.15) is 5.10 Å². The first kappa shape index (κ1) is 12.9. The molecule has 5 heteroatoms. The molecule has 0 saturated heterocycles. The first-order valence-electron chi connectivity index (χ1n) is 6.97. The molecule has 0 aliphatic heterocycles. The van der Waals surface area contributed by atoms with Crippen molar-refractivity contribution in [3.63, 3.8) is 0 Å². The minimum absolute atomic E-state index is 0.524. The lowest BCUT2D eigenvalue weighted by Gasteiger charge is -2.10. The molecule has 2 N–H and O–H groups in total. The molecular weight excluding hydrogens is 250 g/mol. The van der Waals surface area contributed by atoms with Crippen LogP contribution in [-0.4, -0.2) is 19.3 Å². The van der Waals surface area contributed by atoms with Crippen molar-refractivity contribution in [2.24, 2.45) is 5.73 Å². The van der Waals surface area contributed by atoms with E-state index in [4.69, 9.17) is 5.73 Å². The van der Waals surface area contributed by atoms with Crippen molar-refractivity contribution in [2.75, 3.05) is 0 Å². The van der Waals surface area contributed by atoms with Crippen LogP contribution in [0.25, 0.3) is 10.9 Å². The van der Waals surface area contributed by atoms with Gasteiger partial charge < -0.3 is 10.3 Å². The third-order valence-corrected chi connectivity index (χ3v) is 3.54. The summed E-state index contributed by atoms with van der Waals surface area (Å²) in [7, 11) is 0. The van der Waals surface area contributed by atoms with Gasteiger partial charge in [-0.15, -0.1) is 0 Å². The van der Waals surface area contributed by atoms with Gasteiger partial charge >= 0.3 is 0 Å². The molecule has 0 aliphatic carbocycles. The fraction of sp³-hybridized carbons (Fsp3) is 0.333. The second-order valence-electron chi connectivity index (χ2n) is 4.88. The summed E-state index contributed by atoms with van der Waals surface area (Å²) in [6.45, 7) is 4.27. The van der Waals surface area contributed by atoms with Gasteiger partial charge in [-0.25, -0.2) is 9.67 Å². The summed E-state index contributed by atoms with van der Waals surface area (Å²) < 4.78 is 4.20. The maximum atomic E-state index is 5.88. The Kier molecular flexibility index (Phi) is 3.52. The van der Waals surface area contributed by atoms with E-state index in [2.05, 4.69) is 45.8 Å². The zero-order chi connectivity index (χ0) is 13.9. The fourth-order valence-electron chi connectivity index (χ4n) is 2.57. The topological polar surface area (TPSA) is 61.7 Å². The van der Waals surface area contributed by atoms with Crippen LogP contribution in [0.15, 0.2) is 36.7 Å². The Balaban J connectivity index is 2.03. The number of benzene rings is 1. The molecule has 2 aromatic heterocycles. The van der Waals surface area contributed by atoms with Crippen molar-refractivity contribution in [1.82, 2.24) is 19.3 Å². The summed E-state index contributed by atoms with van der Waals surface area (Å²) in [4.78, 5) is 4.38. The summed E-state index contributed by atoms with van der Waals surface area (Å²) in [5.41, 5.74) is 8.19. The van der Waals surface area contributed by atoms with Crippen LogP contribution in [0.5, 0.6) is 0 Å². The smallest absolute Gasteiger partial charge is 0.146 e. The van der Waals surface area contributed by atoms with E-state index in [1.165, 1.54) is 10.9 Å². The summed E-state index contributed by atoms with van der Waals surface area (Å²) >= 11 is 0. The minimum Gasteiger partial charge on any atom is -0.336 e. The maximum Gasteiger partial charge on any atom is 0.146 e. The number of aryl methyl sites for hydroxylation is 1. The van der Waals surface area contributed by atoms with E-state index < -0.39 is 0 Å². The summed E-state index contributed by atoms with van der Waals surface area (Å²) in [5.74, 6) is 0.975. The van der Waals surface area contributed by atoms with E-state index in [0.717, 1.165) is 24.5 Å². The number of rotatable bonds is 5. The van der Waals surface area contributed by atoms with Crippen LogP contribution in [0.2, 0.25) is 0 Å². The van der Waals surface area contributed by atoms with E-state index in [1.807, 2.05) is 10.7 Å². The molecule has 0 amide bonds. The minimum atomic E-state index is 0.524. The number of fused-ring (bicyclic) bond motifs is 1. The highest BCUT2D eigenvalue weighted by Gasteiger charge is 2.11. The van der Waals surface area contributed by atoms with Gasteiger partial charge in [-0.05, 0) is 23.9 Å². The third kappa shape index (κ3) is 2.20. The van der Waals surface area contributed by atoms with Crippen LogP contribution in [0, 0.1) is 0 Å². The number of para-hydroxylation sites is 1. The van der Waals surface area contributed by atoms with Gasteiger partial charge in [-0.1, -0.05) is 25.1 Å². The van der Waals surface area contributed by atoms with Crippen LogP contribution < -0.4 is 5.73 Å². The molecular formula is C15H19N5. The average molecular weight is 269 g/mol. The SMILES string of the molecule is CCCn1ncnc1Cn1c(CN)cc2ccccc21. The lowest BCUT2D eigenvalue weighted by Crippen LogP contribution is -2.13. The van der Waals surface area contributed by atoms with Gasteiger partial charge in [0.1, 0.15) is 12.2 Å². The van der Waals surface area contributed by atoms with Gasteiger partial charge in [0, 0.05) is 24.3 Å². The second kappa shape index (κ2) is 5.46. The van der Waals surface area contributed by atoms with E-state index in [9.17, 15) is 0 Å². The predicted octanol–water partition coefficient (Wildman–Crippen LogP) is 2.15. The van der Waals surface area contributed by atoms with E-state index in [-0.39, 0.29) is 0 Å². The molecule has 1 aromatic carbocycles. The molecule has 2 heterocycles. The van der Waals surface area contributed by atoms with Crippen molar-refractivity contribution in [3.05, 3.63) is 48.2 Å². The van der Waals surface area contributed by atoms with Crippen LogP contribution in [0.3, 0.4) is 0 Å². The largest absolute Gasteiger partial charge is 0.336 e. The van der Waals surface area contributed by atoms with Gasteiger partial charge in [-0.3, -0.25) is 0 Å². The zero-order valence-corrected chi connectivity index (χ0v) is 11.7. The predicted molar refractivity (Wildman–Crippen MR) is 79.2 cm³/mol. The number of nitrogens with zero attached hydrogens (tertiary/aromatic N) is 4. The summed E-state index contributed by atoms with van der Waals surface area (Å²) in [5, 5.41) is 5.50. The lowest BCUT2D eigenvalue weighted by molar-refractivity contribution is 0.554. The zero-order valence-electron chi connectivity index (χ0n) is 11.7. The number of hydrogen-bond donors (Lipinski definition) is 1. The highest BCUT2D eigenvalue weighted by atomic mass is 15.3. The van der Waals surface area contributed by atoms with E-state index in [1.54, 1.807) is 6.33 Å². The standard InChI is InChI=1S/C15H19N5/c1-2-7-20-15(17-11-18-20)10-19-13(9-16)8-12-5-3-4-6-14(12)19/h3-6,8,11H,2,7,9-10,16H2,1H3. The Morgan fingerprint density at radius 3 is 2.90 bits per heavy atom. The quantitative estimate of drug-likeness (QED) is 0.772. The molecule has 0 radical (unpaired) electrons. The number of hydrogen-bond acceptors (Lipinski definition) is 3. The average Bonchev–Trinajstić information content (AvgIpc) is 3.05. The molecule has 0 saturated carbocycles. The Labute approximate surface area is 118 Å². The van der Waals surface area contributed by atoms with Crippen LogP contribution in [0.1, 0.15) is 24.9 Å². The molecule has 3 aromatic rings. The first-order valence-corrected chi connectivity index (χ1v) is 6.97. The summed E-state index contributed by atoms with van der Waals surface area (Å²) in [6, 6.07) is 10.5. The van der Waals surface area contributed by atoms with E-state index >= 15 is 0 Å². The lowest BCUT2D eigenvalue weighted by atomic mass is 10.2. The Bertz CT molecular complexity index is 710. The Hall–Kier alpha value is -2.14. The van der Waals surface area contributed by atoms with Crippen molar-refractivity contribution >= 4 is 10.9 Å². The summed E-state index contributed by atoms with van der Waals surface area (Å²) in [6.07, 6.45) is 2.67. The van der Waals surface area contributed by atoms with Gasteiger partial charge in [0.2, 0.25) is 0 Å². The first-order chi connectivity index (χ1) is 9.83.